The second kappa shape index (κ2) is 6.17. The molecule has 0 spiro atoms. The van der Waals surface area contributed by atoms with E-state index in [1.54, 1.807) is 24.4 Å². The van der Waals surface area contributed by atoms with Crippen molar-refractivity contribution < 1.29 is 9.21 Å². The van der Waals surface area contributed by atoms with Gasteiger partial charge in [0.25, 0.3) is 0 Å². The number of rotatable bonds is 4. The maximum Gasteiger partial charge on any atom is 0.228 e. The summed E-state index contributed by atoms with van der Waals surface area (Å²) < 4.78 is 5.67. The number of aromatic amines is 1. The quantitative estimate of drug-likeness (QED) is 0.906. The number of aromatic nitrogens is 3. The summed E-state index contributed by atoms with van der Waals surface area (Å²) in [4.78, 5) is 15.8. The number of hydrogen-bond donors (Lipinski definition) is 2. The van der Waals surface area contributed by atoms with Crippen LogP contribution in [0.5, 0.6) is 0 Å². The summed E-state index contributed by atoms with van der Waals surface area (Å²) in [5, 5.41) is 9.60. The van der Waals surface area contributed by atoms with Gasteiger partial charge in [-0.25, -0.2) is 4.98 Å². The Bertz CT molecular complexity index is 674. The molecule has 0 bridgehead atoms. The van der Waals surface area contributed by atoms with Gasteiger partial charge in [0.05, 0.1) is 11.9 Å². The Morgan fingerprint density at radius 3 is 2.68 bits per heavy atom. The highest BCUT2D eigenvalue weighted by atomic mass is 16.4. The summed E-state index contributed by atoms with van der Waals surface area (Å²) in [7, 11) is 0. The Hall–Kier alpha value is -2.37. The van der Waals surface area contributed by atoms with Crippen LogP contribution in [0.2, 0.25) is 0 Å². The van der Waals surface area contributed by atoms with E-state index in [9.17, 15) is 4.79 Å². The molecule has 2 aromatic rings. The number of amides is 1. The lowest BCUT2D eigenvalue weighted by Gasteiger charge is -2.12. The number of nitrogens with one attached hydrogen (secondary N) is 2. The van der Waals surface area contributed by atoms with Gasteiger partial charge in [0.2, 0.25) is 11.8 Å². The molecule has 0 saturated carbocycles. The molecule has 0 atom stereocenters. The fourth-order valence-electron chi connectivity index (χ4n) is 1.63. The summed E-state index contributed by atoms with van der Waals surface area (Å²) >= 11 is 0. The standard InChI is InChI=1S/C16H22N4O2/c1-10(2)15(21)18-13-8-11(19-20-13)6-7-14-17-9-12(22-14)16(3,4)5/h6-10H,1-5H3,(H2,18,19,20,21)/b7-6-. The van der Waals surface area contributed by atoms with Crippen molar-refractivity contribution >= 4 is 23.9 Å². The number of nitrogens with zero attached hydrogens (tertiary/aromatic N) is 2. The molecule has 1 amide bonds. The molecule has 0 aliphatic heterocycles. The number of carbonyl (C=O) groups is 1. The zero-order valence-corrected chi connectivity index (χ0v) is 13.6. The summed E-state index contributed by atoms with van der Waals surface area (Å²) in [5.41, 5.74) is 0.691. The fraction of sp³-hybridized carbons (Fsp3) is 0.438. The molecule has 0 radical (unpaired) electrons. The Labute approximate surface area is 130 Å². The van der Waals surface area contributed by atoms with Gasteiger partial charge in [-0.2, -0.15) is 5.10 Å². The summed E-state index contributed by atoms with van der Waals surface area (Å²) in [6.45, 7) is 9.87. The second-order valence-electron chi connectivity index (χ2n) is 6.50. The zero-order chi connectivity index (χ0) is 16.3. The molecule has 0 fully saturated rings. The zero-order valence-electron chi connectivity index (χ0n) is 13.6. The molecule has 2 N–H and O–H groups in total. The lowest BCUT2D eigenvalue weighted by Crippen LogP contribution is -2.17. The van der Waals surface area contributed by atoms with Crippen LogP contribution in [0.3, 0.4) is 0 Å². The predicted molar refractivity (Wildman–Crippen MR) is 86.2 cm³/mol. The second-order valence-corrected chi connectivity index (χ2v) is 6.50. The third-order valence-corrected chi connectivity index (χ3v) is 3.04. The molecule has 0 unspecified atom stereocenters. The van der Waals surface area contributed by atoms with E-state index in [4.69, 9.17) is 4.42 Å². The number of hydrogen-bond acceptors (Lipinski definition) is 4. The van der Waals surface area contributed by atoms with Crippen LogP contribution in [0.25, 0.3) is 12.2 Å². The van der Waals surface area contributed by atoms with Crippen LogP contribution in [-0.4, -0.2) is 21.1 Å². The van der Waals surface area contributed by atoms with Gasteiger partial charge < -0.3 is 9.73 Å². The van der Waals surface area contributed by atoms with Gasteiger partial charge in [-0.15, -0.1) is 0 Å². The average Bonchev–Trinajstić information content (AvgIpc) is 3.04. The molecule has 118 valence electrons. The first-order valence-electron chi connectivity index (χ1n) is 7.26. The van der Waals surface area contributed by atoms with Gasteiger partial charge in [0.1, 0.15) is 5.76 Å². The Kier molecular flexibility index (Phi) is 4.49. The predicted octanol–water partition coefficient (Wildman–Crippen LogP) is 3.46. The van der Waals surface area contributed by atoms with Crippen molar-refractivity contribution in [2.45, 2.75) is 40.0 Å². The maximum atomic E-state index is 11.6. The van der Waals surface area contributed by atoms with E-state index in [2.05, 4.69) is 41.3 Å². The monoisotopic (exact) mass is 302 g/mol. The van der Waals surface area contributed by atoms with E-state index < -0.39 is 0 Å². The smallest absolute Gasteiger partial charge is 0.228 e. The van der Waals surface area contributed by atoms with Crippen molar-refractivity contribution in [3.8, 4) is 0 Å². The fourth-order valence-corrected chi connectivity index (χ4v) is 1.63. The van der Waals surface area contributed by atoms with E-state index in [0.717, 1.165) is 11.5 Å². The van der Waals surface area contributed by atoms with E-state index in [0.29, 0.717) is 11.7 Å². The number of carbonyl (C=O) groups excluding carboxylic acids is 1. The van der Waals surface area contributed by atoms with Crippen molar-refractivity contribution in [2.24, 2.45) is 5.92 Å². The Morgan fingerprint density at radius 2 is 2.09 bits per heavy atom. The SMILES string of the molecule is CC(C)C(=O)Nc1cc(/C=C\c2ncc(C(C)(C)C)o2)[nH]n1. The molecule has 0 aliphatic rings. The van der Waals surface area contributed by atoms with Crippen molar-refractivity contribution in [1.29, 1.82) is 0 Å². The largest absolute Gasteiger partial charge is 0.441 e. The minimum Gasteiger partial charge on any atom is -0.441 e. The van der Waals surface area contributed by atoms with E-state index in [-0.39, 0.29) is 17.2 Å². The van der Waals surface area contributed by atoms with Crippen LogP contribution in [0, 0.1) is 5.92 Å². The number of anilines is 1. The maximum absolute atomic E-state index is 11.6. The van der Waals surface area contributed by atoms with Gasteiger partial charge >= 0.3 is 0 Å². The molecule has 22 heavy (non-hydrogen) atoms. The molecule has 0 aliphatic carbocycles. The molecular formula is C16H22N4O2. The number of H-pyrrole nitrogens is 1. The molecule has 0 aromatic carbocycles. The van der Waals surface area contributed by atoms with E-state index in [1.165, 1.54) is 0 Å². The first kappa shape index (κ1) is 16.0. The van der Waals surface area contributed by atoms with Crippen LogP contribution >= 0.6 is 0 Å². The topological polar surface area (TPSA) is 83.8 Å². The van der Waals surface area contributed by atoms with E-state index >= 15 is 0 Å². The van der Waals surface area contributed by atoms with Gasteiger partial charge in [-0.1, -0.05) is 34.6 Å². The minimum absolute atomic E-state index is 0.0652. The molecule has 2 heterocycles. The average molecular weight is 302 g/mol. The lowest BCUT2D eigenvalue weighted by atomic mass is 9.94. The van der Waals surface area contributed by atoms with Crippen molar-refractivity contribution in [2.75, 3.05) is 5.32 Å². The lowest BCUT2D eigenvalue weighted by molar-refractivity contribution is -0.118. The van der Waals surface area contributed by atoms with Crippen LogP contribution in [0.1, 0.15) is 52.0 Å². The third-order valence-electron chi connectivity index (χ3n) is 3.04. The highest BCUT2D eigenvalue weighted by molar-refractivity contribution is 5.91. The van der Waals surface area contributed by atoms with Crippen LogP contribution in [0.4, 0.5) is 5.82 Å². The summed E-state index contributed by atoms with van der Waals surface area (Å²) in [6.07, 6.45) is 5.30. The van der Waals surface area contributed by atoms with Crippen LogP contribution in [-0.2, 0) is 10.2 Å². The highest BCUT2D eigenvalue weighted by Gasteiger charge is 2.18. The van der Waals surface area contributed by atoms with E-state index in [1.807, 2.05) is 13.8 Å². The number of oxazole rings is 1. The normalized spacial score (nSPS) is 12.3. The Balaban J connectivity index is 2.03. The van der Waals surface area contributed by atoms with Crippen LogP contribution in [0.15, 0.2) is 16.7 Å². The van der Waals surface area contributed by atoms with Crippen molar-refractivity contribution in [3.05, 3.63) is 29.6 Å². The summed E-state index contributed by atoms with van der Waals surface area (Å²) in [6, 6.07) is 1.75. The van der Waals surface area contributed by atoms with Crippen molar-refractivity contribution in [1.82, 2.24) is 15.2 Å². The first-order chi connectivity index (χ1) is 10.3. The molecule has 6 nitrogen and oxygen atoms in total. The molecular weight excluding hydrogens is 280 g/mol. The van der Waals surface area contributed by atoms with Gasteiger partial charge in [0.15, 0.2) is 5.82 Å². The van der Waals surface area contributed by atoms with Gasteiger partial charge in [-0.05, 0) is 6.08 Å². The molecule has 2 rings (SSSR count). The molecule has 0 saturated heterocycles. The Morgan fingerprint density at radius 1 is 1.36 bits per heavy atom. The summed E-state index contributed by atoms with van der Waals surface area (Å²) in [5.74, 6) is 1.72. The molecule has 2 aromatic heterocycles. The van der Waals surface area contributed by atoms with Gasteiger partial charge in [0, 0.05) is 23.5 Å². The highest BCUT2D eigenvalue weighted by Crippen LogP contribution is 2.23. The third kappa shape index (κ3) is 4.07. The minimum atomic E-state index is -0.0844. The first-order valence-corrected chi connectivity index (χ1v) is 7.26. The molecule has 6 heteroatoms. The van der Waals surface area contributed by atoms with Crippen molar-refractivity contribution in [3.63, 3.8) is 0 Å². The van der Waals surface area contributed by atoms with Crippen LogP contribution < -0.4 is 5.32 Å². The van der Waals surface area contributed by atoms with Gasteiger partial charge in [-0.3, -0.25) is 9.89 Å².